The zero-order valence-corrected chi connectivity index (χ0v) is 16.7. The van der Waals surface area contributed by atoms with Crippen molar-refractivity contribution < 1.29 is 19.1 Å². The highest BCUT2D eigenvalue weighted by Crippen LogP contribution is 2.36. The molecule has 1 unspecified atom stereocenters. The summed E-state index contributed by atoms with van der Waals surface area (Å²) in [5.41, 5.74) is 1.98. The first-order valence-electron chi connectivity index (χ1n) is 9.69. The highest BCUT2D eigenvalue weighted by atomic mass is 16.5. The third-order valence-corrected chi connectivity index (χ3v) is 4.73. The van der Waals surface area contributed by atoms with Crippen molar-refractivity contribution in [3.63, 3.8) is 0 Å². The molecule has 2 N–H and O–H groups in total. The van der Waals surface area contributed by atoms with Crippen molar-refractivity contribution in [2.45, 2.75) is 13.0 Å². The molecule has 2 heterocycles. The molecule has 0 aliphatic carbocycles. The van der Waals surface area contributed by atoms with E-state index in [1.165, 1.54) is 17.3 Å². The minimum atomic E-state index is -0.728. The van der Waals surface area contributed by atoms with Gasteiger partial charge in [-0.3, -0.25) is 24.3 Å². The Morgan fingerprint density at radius 1 is 1.00 bits per heavy atom. The third kappa shape index (κ3) is 4.53. The third-order valence-electron chi connectivity index (χ3n) is 4.73. The lowest BCUT2D eigenvalue weighted by Gasteiger charge is -2.33. The molecule has 3 aromatic rings. The van der Waals surface area contributed by atoms with Gasteiger partial charge in [0, 0.05) is 29.3 Å². The van der Waals surface area contributed by atoms with Gasteiger partial charge in [0.2, 0.25) is 5.91 Å². The number of ether oxygens (including phenoxy) is 1. The monoisotopic (exact) mass is 416 g/mol. The minimum Gasteiger partial charge on any atom is -0.479 e. The van der Waals surface area contributed by atoms with Gasteiger partial charge in [0.05, 0.1) is 5.69 Å². The van der Waals surface area contributed by atoms with Gasteiger partial charge in [0.25, 0.3) is 11.8 Å². The molecule has 0 saturated carbocycles. The lowest BCUT2D eigenvalue weighted by atomic mass is 10.1. The average Bonchev–Trinajstić information content (AvgIpc) is 2.78. The average molecular weight is 416 g/mol. The van der Waals surface area contributed by atoms with Crippen LogP contribution in [0.5, 0.6) is 5.75 Å². The van der Waals surface area contributed by atoms with Crippen molar-refractivity contribution in [1.29, 1.82) is 0 Å². The van der Waals surface area contributed by atoms with Crippen molar-refractivity contribution in [3.8, 4) is 5.75 Å². The van der Waals surface area contributed by atoms with Crippen LogP contribution in [0.3, 0.4) is 0 Å². The van der Waals surface area contributed by atoms with E-state index < -0.39 is 6.10 Å². The molecule has 8 heteroatoms. The molecule has 156 valence electrons. The lowest BCUT2D eigenvalue weighted by Crippen LogP contribution is -2.47. The summed E-state index contributed by atoms with van der Waals surface area (Å²) < 4.78 is 5.67. The lowest BCUT2D eigenvalue weighted by molar-refractivity contribution is -0.127. The zero-order chi connectivity index (χ0) is 21.8. The molecule has 0 spiro atoms. The van der Waals surface area contributed by atoms with E-state index in [4.69, 9.17) is 4.74 Å². The highest BCUT2D eigenvalue weighted by molar-refractivity contribution is 6.08. The normalized spacial score (nSPS) is 14.9. The maximum absolute atomic E-state index is 12.8. The van der Waals surface area contributed by atoms with Gasteiger partial charge in [-0.2, -0.15) is 0 Å². The molecule has 1 atom stereocenters. The van der Waals surface area contributed by atoms with Crippen LogP contribution in [0.4, 0.5) is 17.1 Å². The van der Waals surface area contributed by atoms with Crippen molar-refractivity contribution in [3.05, 3.63) is 78.6 Å². The molecule has 0 radical (unpaired) electrons. The molecular formula is C23H20N4O4. The number of pyridine rings is 1. The Hall–Kier alpha value is -4.20. The molecule has 0 bridgehead atoms. The van der Waals surface area contributed by atoms with E-state index in [0.717, 1.165) is 0 Å². The van der Waals surface area contributed by atoms with Crippen molar-refractivity contribution in [1.82, 2.24) is 4.98 Å². The number of carbonyl (C=O) groups is 3. The first kappa shape index (κ1) is 20.1. The molecule has 4 rings (SSSR count). The van der Waals surface area contributed by atoms with Gasteiger partial charge >= 0.3 is 0 Å². The number of nitrogens with zero attached hydrogens (tertiary/aromatic N) is 2. The van der Waals surface area contributed by atoms with E-state index in [2.05, 4.69) is 15.6 Å². The standard InChI is InChI=1S/C23H20N4O4/c1-15-23(30)27(14-21(28)25-17-5-3-2-4-6-17)19-13-18(7-8-20(19)31-15)26-22(29)16-9-11-24-12-10-16/h2-13,15H,14H2,1H3,(H,25,28)(H,26,29). The van der Waals surface area contributed by atoms with E-state index in [-0.39, 0.29) is 24.3 Å². The number of carbonyl (C=O) groups excluding carboxylic acids is 3. The van der Waals surface area contributed by atoms with E-state index >= 15 is 0 Å². The van der Waals surface area contributed by atoms with Gasteiger partial charge < -0.3 is 15.4 Å². The molecule has 31 heavy (non-hydrogen) atoms. The van der Waals surface area contributed by atoms with Crippen LogP contribution in [0.15, 0.2) is 73.1 Å². The first-order chi connectivity index (χ1) is 15.0. The Kier molecular flexibility index (Phi) is 5.61. The Morgan fingerprint density at radius 2 is 1.74 bits per heavy atom. The summed E-state index contributed by atoms with van der Waals surface area (Å²) in [6.07, 6.45) is 2.33. The number of para-hydroxylation sites is 1. The fraction of sp³-hybridized carbons (Fsp3) is 0.130. The van der Waals surface area contributed by atoms with Crippen LogP contribution in [0.2, 0.25) is 0 Å². The van der Waals surface area contributed by atoms with Crippen LogP contribution in [0.1, 0.15) is 17.3 Å². The summed E-state index contributed by atoms with van der Waals surface area (Å²) in [5.74, 6) is -0.534. The largest absolute Gasteiger partial charge is 0.479 e. The van der Waals surface area contributed by atoms with Crippen LogP contribution in [-0.2, 0) is 9.59 Å². The first-order valence-corrected chi connectivity index (χ1v) is 9.69. The fourth-order valence-electron chi connectivity index (χ4n) is 3.22. The van der Waals surface area contributed by atoms with Gasteiger partial charge in [-0.15, -0.1) is 0 Å². The molecular weight excluding hydrogens is 396 g/mol. The number of hydrogen-bond acceptors (Lipinski definition) is 5. The Bertz CT molecular complexity index is 1120. The number of fused-ring (bicyclic) bond motifs is 1. The van der Waals surface area contributed by atoms with Crippen LogP contribution >= 0.6 is 0 Å². The van der Waals surface area contributed by atoms with Gasteiger partial charge in [-0.1, -0.05) is 18.2 Å². The Morgan fingerprint density at radius 3 is 2.48 bits per heavy atom. The van der Waals surface area contributed by atoms with Gasteiger partial charge in [0.1, 0.15) is 12.3 Å². The summed E-state index contributed by atoms with van der Waals surface area (Å²) >= 11 is 0. The van der Waals surface area contributed by atoms with Gasteiger partial charge in [0.15, 0.2) is 6.10 Å². The Balaban J connectivity index is 1.56. The van der Waals surface area contributed by atoms with Crippen LogP contribution in [-0.4, -0.2) is 35.4 Å². The summed E-state index contributed by atoms with van der Waals surface area (Å²) in [6.45, 7) is 1.45. The molecule has 0 fully saturated rings. The van der Waals surface area contributed by atoms with Crippen LogP contribution in [0.25, 0.3) is 0 Å². The predicted octanol–water partition coefficient (Wildman–Crippen LogP) is 3.09. The molecule has 8 nitrogen and oxygen atoms in total. The van der Waals surface area contributed by atoms with E-state index in [1.54, 1.807) is 49.4 Å². The highest BCUT2D eigenvalue weighted by Gasteiger charge is 2.33. The molecule has 1 aliphatic rings. The maximum Gasteiger partial charge on any atom is 0.268 e. The van der Waals surface area contributed by atoms with E-state index in [0.29, 0.717) is 28.4 Å². The van der Waals surface area contributed by atoms with E-state index in [1.807, 2.05) is 18.2 Å². The van der Waals surface area contributed by atoms with Crippen LogP contribution in [0, 0.1) is 0 Å². The topological polar surface area (TPSA) is 101 Å². The second kappa shape index (κ2) is 8.66. The molecule has 1 aliphatic heterocycles. The SMILES string of the molecule is CC1Oc2ccc(NC(=O)c3ccncc3)cc2N(CC(=O)Nc2ccccc2)C1=O. The maximum atomic E-state index is 12.8. The number of hydrogen-bond donors (Lipinski definition) is 2. The van der Waals surface area contributed by atoms with Crippen molar-refractivity contribution in [2.24, 2.45) is 0 Å². The van der Waals surface area contributed by atoms with Gasteiger partial charge in [-0.05, 0) is 49.4 Å². The smallest absolute Gasteiger partial charge is 0.268 e. The number of benzene rings is 2. The molecule has 3 amide bonds. The summed E-state index contributed by atoms with van der Waals surface area (Å²) in [7, 11) is 0. The van der Waals surface area contributed by atoms with Crippen molar-refractivity contribution >= 4 is 34.8 Å². The Labute approximate surface area is 178 Å². The quantitative estimate of drug-likeness (QED) is 0.666. The minimum absolute atomic E-state index is 0.184. The van der Waals surface area contributed by atoms with Crippen molar-refractivity contribution in [2.75, 3.05) is 22.1 Å². The van der Waals surface area contributed by atoms with Gasteiger partial charge in [-0.25, -0.2) is 0 Å². The summed E-state index contributed by atoms with van der Waals surface area (Å²) in [5, 5.41) is 5.56. The van der Waals surface area contributed by atoms with E-state index in [9.17, 15) is 14.4 Å². The number of amides is 3. The number of anilines is 3. The second-order valence-corrected chi connectivity index (χ2v) is 6.97. The fourth-order valence-corrected chi connectivity index (χ4v) is 3.22. The molecule has 1 aromatic heterocycles. The predicted molar refractivity (Wildman–Crippen MR) is 116 cm³/mol. The summed E-state index contributed by atoms with van der Waals surface area (Å²) in [4.78, 5) is 43.0. The molecule has 0 saturated heterocycles. The number of rotatable bonds is 5. The zero-order valence-electron chi connectivity index (χ0n) is 16.7. The van der Waals surface area contributed by atoms with Crippen LogP contribution < -0.4 is 20.3 Å². The second-order valence-electron chi connectivity index (χ2n) is 6.97. The summed E-state index contributed by atoms with van der Waals surface area (Å²) in [6, 6.07) is 17.2. The number of nitrogens with one attached hydrogen (secondary N) is 2. The number of aromatic nitrogens is 1. The molecule has 2 aromatic carbocycles.